The average molecular weight is 276 g/mol. The SMILES string of the molecule is N.N.N.N.O=C(O)CCCCC(=O)O.O=C(O)O. The van der Waals surface area contributed by atoms with Gasteiger partial charge in [0.2, 0.25) is 0 Å². The molecule has 0 atom stereocenters. The summed E-state index contributed by atoms with van der Waals surface area (Å²) in [5.74, 6) is -1.74. The molecular formula is C7H24N4O7. The van der Waals surface area contributed by atoms with Gasteiger partial charge in [0.25, 0.3) is 0 Å². The largest absolute Gasteiger partial charge is 0.503 e. The van der Waals surface area contributed by atoms with Crippen molar-refractivity contribution in [1.29, 1.82) is 0 Å². The number of aliphatic carboxylic acids is 2. The van der Waals surface area contributed by atoms with Crippen LogP contribution in [-0.2, 0) is 9.59 Å². The average Bonchev–Trinajstić information content (AvgIpc) is 1.96. The Balaban J connectivity index is -0.0000000402. The summed E-state index contributed by atoms with van der Waals surface area (Å²) in [5, 5.41) is 30.2. The van der Waals surface area contributed by atoms with Crippen LogP contribution in [0.2, 0.25) is 0 Å². The predicted molar refractivity (Wildman–Crippen MR) is 64.5 cm³/mol. The molecule has 0 aliphatic carbocycles. The fourth-order valence-electron chi connectivity index (χ4n) is 0.552. The Bertz CT molecular complexity index is 192. The molecule has 16 N–H and O–H groups in total. The van der Waals surface area contributed by atoms with Gasteiger partial charge in [0.05, 0.1) is 0 Å². The fraction of sp³-hybridized carbons (Fsp3) is 0.571. The normalized spacial score (nSPS) is 6.44. The number of unbranched alkanes of at least 4 members (excludes halogenated alkanes) is 1. The van der Waals surface area contributed by atoms with Gasteiger partial charge in [-0.2, -0.15) is 0 Å². The second kappa shape index (κ2) is 24.3. The van der Waals surface area contributed by atoms with Gasteiger partial charge in [-0.05, 0) is 12.8 Å². The Morgan fingerprint density at radius 3 is 0.889 bits per heavy atom. The molecule has 0 aromatic rings. The topological polar surface area (TPSA) is 272 Å². The molecule has 0 aliphatic heterocycles. The first-order valence-electron chi connectivity index (χ1n) is 3.71. The summed E-state index contributed by atoms with van der Waals surface area (Å²) in [6.45, 7) is 0. The van der Waals surface area contributed by atoms with Crippen LogP contribution in [-0.4, -0.2) is 38.5 Å². The molecular weight excluding hydrogens is 252 g/mol. The number of hydrogen-bond acceptors (Lipinski definition) is 7. The number of carboxylic acid groups (broad SMARTS) is 4. The molecule has 0 aromatic carbocycles. The molecule has 18 heavy (non-hydrogen) atoms. The van der Waals surface area contributed by atoms with E-state index in [1.54, 1.807) is 0 Å². The van der Waals surface area contributed by atoms with E-state index in [2.05, 4.69) is 0 Å². The lowest BCUT2D eigenvalue weighted by Crippen LogP contribution is -1.97. The van der Waals surface area contributed by atoms with Gasteiger partial charge < -0.3 is 45.0 Å². The smallest absolute Gasteiger partial charge is 0.481 e. The third-order valence-electron chi connectivity index (χ3n) is 1.03. The van der Waals surface area contributed by atoms with Crippen molar-refractivity contribution < 1.29 is 34.8 Å². The molecule has 0 heterocycles. The Morgan fingerprint density at radius 1 is 0.611 bits per heavy atom. The quantitative estimate of drug-likeness (QED) is 0.333. The molecule has 0 bridgehead atoms. The van der Waals surface area contributed by atoms with Crippen molar-refractivity contribution >= 4 is 18.1 Å². The van der Waals surface area contributed by atoms with Crippen molar-refractivity contribution in [3.63, 3.8) is 0 Å². The number of hydrogen-bond donors (Lipinski definition) is 8. The van der Waals surface area contributed by atoms with Crippen molar-refractivity contribution in [1.82, 2.24) is 24.6 Å². The van der Waals surface area contributed by atoms with E-state index in [4.69, 9.17) is 25.2 Å². The van der Waals surface area contributed by atoms with E-state index >= 15 is 0 Å². The standard InChI is InChI=1S/C6H10O4.CH2O3.4H3N/c7-5(8)3-1-2-4-6(9)10;2-1(3)4;;;;/h1-4H2,(H,7,8)(H,9,10);(H2,2,3,4);4*1H3. The van der Waals surface area contributed by atoms with Gasteiger partial charge >= 0.3 is 18.1 Å². The summed E-state index contributed by atoms with van der Waals surface area (Å²) < 4.78 is 0. The van der Waals surface area contributed by atoms with Gasteiger partial charge in [-0.15, -0.1) is 0 Å². The van der Waals surface area contributed by atoms with E-state index in [-0.39, 0.29) is 37.4 Å². The van der Waals surface area contributed by atoms with Crippen molar-refractivity contribution in [3.05, 3.63) is 0 Å². The number of rotatable bonds is 5. The van der Waals surface area contributed by atoms with E-state index < -0.39 is 18.1 Å². The van der Waals surface area contributed by atoms with Gasteiger partial charge in [0, 0.05) is 12.8 Å². The van der Waals surface area contributed by atoms with Crippen molar-refractivity contribution in [2.75, 3.05) is 0 Å². The highest BCUT2D eigenvalue weighted by atomic mass is 16.6. The van der Waals surface area contributed by atoms with Crippen LogP contribution < -0.4 is 24.6 Å². The fourth-order valence-corrected chi connectivity index (χ4v) is 0.552. The van der Waals surface area contributed by atoms with E-state index in [0.717, 1.165) is 0 Å². The van der Waals surface area contributed by atoms with Crippen LogP contribution in [0.3, 0.4) is 0 Å². The number of carbonyl (C=O) groups is 3. The maximum atomic E-state index is 9.90. The Kier molecular flexibility index (Phi) is 48.7. The van der Waals surface area contributed by atoms with Crippen LogP contribution in [0.25, 0.3) is 0 Å². The van der Waals surface area contributed by atoms with Crippen molar-refractivity contribution in [2.24, 2.45) is 0 Å². The van der Waals surface area contributed by atoms with Crippen LogP contribution in [0.4, 0.5) is 4.79 Å². The zero-order valence-electron chi connectivity index (χ0n) is 10.2. The summed E-state index contributed by atoms with van der Waals surface area (Å²) in [5.41, 5.74) is 0. The first-order valence-corrected chi connectivity index (χ1v) is 3.71. The Labute approximate surface area is 104 Å². The molecule has 0 rings (SSSR count). The van der Waals surface area contributed by atoms with Gasteiger partial charge in [0.1, 0.15) is 0 Å². The van der Waals surface area contributed by atoms with E-state index in [1.165, 1.54) is 0 Å². The minimum atomic E-state index is -1.83. The zero-order chi connectivity index (χ0) is 11.6. The second-order valence-electron chi connectivity index (χ2n) is 2.28. The van der Waals surface area contributed by atoms with Crippen LogP contribution in [0.1, 0.15) is 25.7 Å². The molecule has 0 radical (unpaired) electrons. The monoisotopic (exact) mass is 276 g/mol. The van der Waals surface area contributed by atoms with Crippen LogP contribution in [0.15, 0.2) is 0 Å². The van der Waals surface area contributed by atoms with Gasteiger partial charge in [-0.25, -0.2) is 4.79 Å². The molecule has 0 spiro atoms. The molecule has 114 valence electrons. The Hall–Kier alpha value is -1.95. The molecule has 0 saturated carbocycles. The Morgan fingerprint density at radius 2 is 0.778 bits per heavy atom. The molecule has 0 unspecified atom stereocenters. The maximum absolute atomic E-state index is 9.90. The van der Waals surface area contributed by atoms with Gasteiger partial charge in [-0.1, -0.05) is 0 Å². The van der Waals surface area contributed by atoms with Gasteiger partial charge in [-0.3, -0.25) is 9.59 Å². The van der Waals surface area contributed by atoms with Crippen LogP contribution in [0.5, 0.6) is 0 Å². The molecule has 0 aromatic heterocycles. The highest BCUT2D eigenvalue weighted by molar-refractivity contribution is 5.67. The number of carboxylic acids is 2. The zero-order valence-corrected chi connectivity index (χ0v) is 10.2. The molecule has 11 nitrogen and oxygen atoms in total. The lowest BCUT2D eigenvalue weighted by Gasteiger charge is -1.92. The van der Waals surface area contributed by atoms with Gasteiger partial charge in [0.15, 0.2) is 0 Å². The van der Waals surface area contributed by atoms with Crippen LogP contribution >= 0.6 is 0 Å². The van der Waals surface area contributed by atoms with E-state index in [0.29, 0.717) is 12.8 Å². The molecule has 11 heteroatoms. The summed E-state index contributed by atoms with van der Waals surface area (Å²) in [7, 11) is 0. The molecule has 0 aliphatic rings. The lowest BCUT2D eigenvalue weighted by atomic mass is 10.2. The third-order valence-corrected chi connectivity index (χ3v) is 1.03. The highest BCUT2D eigenvalue weighted by Gasteiger charge is 1.99. The molecule has 0 saturated heterocycles. The van der Waals surface area contributed by atoms with E-state index in [9.17, 15) is 9.59 Å². The minimum absolute atomic E-state index is 0. The van der Waals surface area contributed by atoms with Crippen LogP contribution in [0, 0.1) is 0 Å². The summed E-state index contributed by atoms with van der Waals surface area (Å²) in [6.07, 6.45) is -0.816. The summed E-state index contributed by atoms with van der Waals surface area (Å²) in [4.78, 5) is 28.3. The van der Waals surface area contributed by atoms with Crippen molar-refractivity contribution in [2.45, 2.75) is 25.7 Å². The van der Waals surface area contributed by atoms with Crippen molar-refractivity contribution in [3.8, 4) is 0 Å². The first kappa shape index (κ1) is 36.0. The second-order valence-corrected chi connectivity index (χ2v) is 2.28. The molecule has 0 fully saturated rings. The first-order chi connectivity index (χ1) is 6.36. The predicted octanol–water partition coefficient (Wildman–Crippen LogP) is 1.59. The van der Waals surface area contributed by atoms with E-state index in [1.807, 2.05) is 0 Å². The summed E-state index contributed by atoms with van der Waals surface area (Å²) in [6, 6.07) is 0. The maximum Gasteiger partial charge on any atom is 0.503 e. The summed E-state index contributed by atoms with van der Waals surface area (Å²) >= 11 is 0. The molecule has 0 amide bonds. The minimum Gasteiger partial charge on any atom is -0.481 e. The highest BCUT2D eigenvalue weighted by Crippen LogP contribution is 1.98. The third kappa shape index (κ3) is 93.8. The lowest BCUT2D eigenvalue weighted by molar-refractivity contribution is -0.139.